The highest BCUT2D eigenvalue weighted by molar-refractivity contribution is 5.81. The first kappa shape index (κ1) is 16.6. The number of hydrogen-bond acceptors (Lipinski definition) is 5. The monoisotopic (exact) mass is 356 g/mol. The molecule has 0 aliphatic carbocycles. The van der Waals surface area contributed by atoms with E-state index in [2.05, 4.69) is 26.8 Å². The summed E-state index contributed by atoms with van der Waals surface area (Å²) in [6.45, 7) is 0. The topological polar surface area (TPSA) is 72.9 Å². The SMILES string of the molecule is COc1ccc(-c2cnc3[nH]cc(C#Cc4cccnc4)c3n2)cc1OC. The van der Waals surface area contributed by atoms with Crippen LogP contribution in [0.3, 0.4) is 0 Å². The lowest BCUT2D eigenvalue weighted by molar-refractivity contribution is 0.355. The molecule has 0 bridgehead atoms. The molecular weight excluding hydrogens is 340 g/mol. The molecule has 0 unspecified atom stereocenters. The third-order valence-corrected chi connectivity index (χ3v) is 4.06. The molecule has 0 amide bonds. The van der Waals surface area contributed by atoms with Crippen LogP contribution in [0.15, 0.2) is 55.1 Å². The average Bonchev–Trinajstić information content (AvgIpc) is 3.14. The van der Waals surface area contributed by atoms with E-state index in [1.165, 1.54) is 0 Å². The Bertz CT molecular complexity index is 1160. The van der Waals surface area contributed by atoms with Crippen molar-refractivity contribution in [3.05, 3.63) is 66.2 Å². The molecule has 0 aliphatic rings. The molecule has 0 spiro atoms. The summed E-state index contributed by atoms with van der Waals surface area (Å²) in [7, 11) is 3.21. The standard InChI is InChI=1S/C21H16N4O2/c1-26-18-8-7-15(10-19(18)27-2)17-13-24-21-20(25-17)16(12-23-21)6-5-14-4-3-9-22-11-14/h3-4,7-13H,1-2H3,(H,23,24). The Kier molecular flexibility index (Phi) is 4.42. The van der Waals surface area contributed by atoms with Crippen LogP contribution in [0.2, 0.25) is 0 Å². The van der Waals surface area contributed by atoms with Crippen molar-refractivity contribution in [1.82, 2.24) is 19.9 Å². The molecule has 0 saturated heterocycles. The van der Waals surface area contributed by atoms with Crippen LogP contribution in [-0.2, 0) is 0 Å². The number of benzene rings is 1. The van der Waals surface area contributed by atoms with E-state index in [0.717, 1.165) is 27.9 Å². The van der Waals surface area contributed by atoms with Gasteiger partial charge in [0.25, 0.3) is 0 Å². The number of ether oxygens (including phenoxy) is 2. The maximum absolute atomic E-state index is 5.37. The Labute approximate surface area is 156 Å². The van der Waals surface area contributed by atoms with Gasteiger partial charge >= 0.3 is 0 Å². The second-order valence-electron chi connectivity index (χ2n) is 5.72. The summed E-state index contributed by atoms with van der Waals surface area (Å²) >= 11 is 0. The van der Waals surface area contributed by atoms with Crippen molar-refractivity contribution in [3.8, 4) is 34.6 Å². The molecule has 3 heterocycles. The van der Waals surface area contributed by atoms with Crippen LogP contribution in [0.4, 0.5) is 0 Å². The number of pyridine rings is 1. The number of nitrogens with one attached hydrogen (secondary N) is 1. The van der Waals surface area contributed by atoms with E-state index in [-0.39, 0.29) is 0 Å². The molecule has 0 fully saturated rings. The fraction of sp³-hybridized carbons (Fsp3) is 0.0952. The van der Waals surface area contributed by atoms with Crippen molar-refractivity contribution in [2.75, 3.05) is 14.2 Å². The minimum Gasteiger partial charge on any atom is -0.493 e. The van der Waals surface area contributed by atoms with Crippen molar-refractivity contribution >= 4 is 11.2 Å². The smallest absolute Gasteiger partial charge is 0.161 e. The molecule has 0 aliphatic heterocycles. The average molecular weight is 356 g/mol. The van der Waals surface area contributed by atoms with Crippen molar-refractivity contribution < 1.29 is 9.47 Å². The highest BCUT2D eigenvalue weighted by Gasteiger charge is 2.10. The van der Waals surface area contributed by atoms with E-state index in [4.69, 9.17) is 14.5 Å². The van der Waals surface area contributed by atoms with E-state index in [1.807, 2.05) is 36.5 Å². The molecule has 1 aromatic carbocycles. The summed E-state index contributed by atoms with van der Waals surface area (Å²) in [5, 5.41) is 0. The van der Waals surface area contributed by atoms with Crippen molar-refractivity contribution in [2.45, 2.75) is 0 Å². The summed E-state index contributed by atoms with van der Waals surface area (Å²) in [6.07, 6.45) is 6.98. The maximum Gasteiger partial charge on any atom is 0.161 e. The molecule has 6 heteroatoms. The van der Waals surface area contributed by atoms with Crippen molar-refractivity contribution in [2.24, 2.45) is 0 Å². The van der Waals surface area contributed by atoms with Crippen LogP contribution in [0.1, 0.15) is 11.1 Å². The molecular formula is C21H16N4O2. The van der Waals surface area contributed by atoms with Gasteiger partial charge in [-0.05, 0) is 30.3 Å². The number of aromatic amines is 1. The number of hydrogen-bond donors (Lipinski definition) is 1. The number of methoxy groups -OCH3 is 2. The number of aromatic nitrogens is 4. The van der Waals surface area contributed by atoms with E-state index in [9.17, 15) is 0 Å². The van der Waals surface area contributed by atoms with Crippen molar-refractivity contribution in [3.63, 3.8) is 0 Å². The van der Waals surface area contributed by atoms with Gasteiger partial charge in [-0.1, -0.05) is 11.8 Å². The molecule has 27 heavy (non-hydrogen) atoms. The van der Waals surface area contributed by atoms with Crippen LogP contribution in [0, 0.1) is 11.8 Å². The predicted molar refractivity (Wildman–Crippen MR) is 103 cm³/mol. The minimum atomic E-state index is 0.641. The van der Waals surface area contributed by atoms with Gasteiger partial charge in [-0.15, -0.1) is 0 Å². The van der Waals surface area contributed by atoms with Gasteiger partial charge in [-0.25, -0.2) is 9.97 Å². The Morgan fingerprint density at radius 2 is 1.89 bits per heavy atom. The maximum atomic E-state index is 5.37. The lowest BCUT2D eigenvalue weighted by Gasteiger charge is -2.09. The van der Waals surface area contributed by atoms with E-state index in [0.29, 0.717) is 17.1 Å². The molecule has 6 nitrogen and oxygen atoms in total. The number of H-pyrrole nitrogens is 1. The van der Waals surface area contributed by atoms with Crippen LogP contribution >= 0.6 is 0 Å². The molecule has 3 aromatic heterocycles. The summed E-state index contributed by atoms with van der Waals surface area (Å²) in [5.74, 6) is 7.54. The largest absolute Gasteiger partial charge is 0.493 e. The second-order valence-corrected chi connectivity index (χ2v) is 5.72. The molecule has 4 rings (SSSR count). The van der Waals surface area contributed by atoms with Crippen LogP contribution in [0.25, 0.3) is 22.4 Å². The summed E-state index contributed by atoms with van der Waals surface area (Å²) in [4.78, 5) is 16.4. The minimum absolute atomic E-state index is 0.641. The summed E-state index contributed by atoms with van der Waals surface area (Å²) in [5.41, 5.74) is 4.65. The fourth-order valence-corrected chi connectivity index (χ4v) is 2.70. The third kappa shape index (κ3) is 3.31. The van der Waals surface area contributed by atoms with Crippen molar-refractivity contribution in [1.29, 1.82) is 0 Å². The van der Waals surface area contributed by atoms with Crippen LogP contribution in [-0.4, -0.2) is 34.2 Å². The molecule has 0 saturated carbocycles. The van der Waals surface area contributed by atoms with Gasteiger partial charge in [0.05, 0.1) is 31.7 Å². The third-order valence-electron chi connectivity index (χ3n) is 4.06. The van der Waals surface area contributed by atoms with E-state index in [1.54, 1.807) is 32.8 Å². The van der Waals surface area contributed by atoms with Gasteiger partial charge in [-0.3, -0.25) is 4.98 Å². The Morgan fingerprint density at radius 3 is 2.67 bits per heavy atom. The number of fused-ring (bicyclic) bond motifs is 1. The highest BCUT2D eigenvalue weighted by atomic mass is 16.5. The van der Waals surface area contributed by atoms with E-state index < -0.39 is 0 Å². The Morgan fingerprint density at radius 1 is 1.00 bits per heavy atom. The number of nitrogens with zero attached hydrogens (tertiary/aromatic N) is 3. The first-order valence-corrected chi connectivity index (χ1v) is 8.27. The number of rotatable bonds is 3. The van der Waals surface area contributed by atoms with Gasteiger partial charge in [0, 0.05) is 29.7 Å². The first-order chi connectivity index (χ1) is 13.3. The predicted octanol–water partition coefficient (Wildman–Crippen LogP) is 3.44. The van der Waals surface area contributed by atoms with E-state index >= 15 is 0 Å². The second kappa shape index (κ2) is 7.18. The van der Waals surface area contributed by atoms with Gasteiger partial charge < -0.3 is 14.5 Å². The van der Waals surface area contributed by atoms with Gasteiger partial charge in [0.15, 0.2) is 17.1 Å². The molecule has 132 valence electrons. The Hall–Kier alpha value is -3.85. The van der Waals surface area contributed by atoms with Gasteiger partial charge in [-0.2, -0.15) is 0 Å². The lowest BCUT2D eigenvalue weighted by atomic mass is 10.1. The highest BCUT2D eigenvalue weighted by Crippen LogP contribution is 2.32. The lowest BCUT2D eigenvalue weighted by Crippen LogP contribution is -1.93. The fourth-order valence-electron chi connectivity index (χ4n) is 2.70. The Balaban J connectivity index is 1.75. The molecule has 4 aromatic rings. The zero-order valence-electron chi connectivity index (χ0n) is 14.9. The summed E-state index contributed by atoms with van der Waals surface area (Å²) < 4.78 is 10.7. The van der Waals surface area contributed by atoms with Gasteiger partial charge in [0.2, 0.25) is 0 Å². The molecule has 0 atom stereocenters. The van der Waals surface area contributed by atoms with Crippen LogP contribution in [0.5, 0.6) is 11.5 Å². The van der Waals surface area contributed by atoms with Gasteiger partial charge in [0.1, 0.15) is 5.52 Å². The molecule has 0 radical (unpaired) electrons. The quantitative estimate of drug-likeness (QED) is 0.569. The first-order valence-electron chi connectivity index (χ1n) is 8.27. The zero-order valence-corrected chi connectivity index (χ0v) is 14.9. The van der Waals surface area contributed by atoms with Crippen LogP contribution < -0.4 is 9.47 Å². The molecule has 1 N–H and O–H groups in total. The normalized spacial score (nSPS) is 10.3. The summed E-state index contributed by atoms with van der Waals surface area (Å²) in [6, 6.07) is 9.41. The zero-order chi connectivity index (χ0) is 18.6.